The molecular formula is C20H21N3O2S. The van der Waals surface area contributed by atoms with Crippen LogP contribution >= 0.6 is 11.8 Å². The van der Waals surface area contributed by atoms with E-state index in [-0.39, 0.29) is 17.8 Å². The first-order valence-electron chi connectivity index (χ1n) is 8.45. The van der Waals surface area contributed by atoms with Crippen LogP contribution in [-0.2, 0) is 9.53 Å². The molecule has 1 aromatic heterocycles. The zero-order valence-corrected chi connectivity index (χ0v) is 15.9. The van der Waals surface area contributed by atoms with Gasteiger partial charge >= 0.3 is 5.97 Å². The molecule has 2 aromatic carbocycles. The molecule has 0 amide bonds. The zero-order valence-electron chi connectivity index (χ0n) is 15.0. The van der Waals surface area contributed by atoms with Gasteiger partial charge in [-0.25, -0.2) is 0 Å². The Morgan fingerprint density at radius 3 is 2.42 bits per heavy atom. The van der Waals surface area contributed by atoms with Crippen LogP contribution in [-0.4, -0.2) is 32.6 Å². The van der Waals surface area contributed by atoms with E-state index >= 15 is 0 Å². The number of esters is 1. The van der Waals surface area contributed by atoms with Crippen LogP contribution < -0.4 is 0 Å². The molecule has 0 radical (unpaired) electrons. The Kier molecular flexibility index (Phi) is 5.73. The van der Waals surface area contributed by atoms with Crippen LogP contribution in [0.4, 0.5) is 0 Å². The normalized spacial score (nSPS) is 10.9. The van der Waals surface area contributed by atoms with Gasteiger partial charge < -0.3 is 4.74 Å². The molecule has 26 heavy (non-hydrogen) atoms. The van der Waals surface area contributed by atoms with Crippen molar-refractivity contribution in [3.8, 4) is 17.1 Å². The van der Waals surface area contributed by atoms with E-state index in [0.29, 0.717) is 5.16 Å². The Bertz CT molecular complexity index is 874. The van der Waals surface area contributed by atoms with E-state index in [9.17, 15) is 4.79 Å². The van der Waals surface area contributed by atoms with Crippen LogP contribution in [0.5, 0.6) is 0 Å². The van der Waals surface area contributed by atoms with E-state index in [0.717, 1.165) is 17.1 Å². The van der Waals surface area contributed by atoms with Crippen LogP contribution in [0.1, 0.15) is 19.4 Å². The molecule has 0 aliphatic rings. The molecule has 3 aromatic rings. The summed E-state index contributed by atoms with van der Waals surface area (Å²) in [6.45, 7) is 5.72. The maximum absolute atomic E-state index is 11.9. The third-order valence-electron chi connectivity index (χ3n) is 3.64. The molecule has 134 valence electrons. The monoisotopic (exact) mass is 367 g/mol. The molecule has 0 bridgehead atoms. The summed E-state index contributed by atoms with van der Waals surface area (Å²) in [7, 11) is 0. The highest BCUT2D eigenvalue weighted by atomic mass is 32.2. The molecule has 0 aliphatic carbocycles. The number of hydrogen-bond donors (Lipinski definition) is 0. The zero-order chi connectivity index (χ0) is 18.5. The van der Waals surface area contributed by atoms with Gasteiger partial charge in [-0.05, 0) is 32.9 Å². The van der Waals surface area contributed by atoms with E-state index in [2.05, 4.69) is 10.2 Å². The number of nitrogens with zero attached hydrogens (tertiary/aromatic N) is 3. The minimum absolute atomic E-state index is 0.127. The van der Waals surface area contributed by atoms with Crippen LogP contribution in [0.3, 0.4) is 0 Å². The summed E-state index contributed by atoms with van der Waals surface area (Å²) < 4.78 is 7.18. The maximum Gasteiger partial charge on any atom is 0.316 e. The average Bonchev–Trinajstić information content (AvgIpc) is 3.05. The van der Waals surface area contributed by atoms with Crippen molar-refractivity contribution in [2.45, 2.75) is 32.0 Å². The molecule has 0 N–H and O–H groups in total. The van der Waals surface area contributed by atoms with Gasteiger partial charge in [0, 0.05) is 11.3 Å². The minimum Gasteiger partial charge on any atom is -0.462 e. The van der Waals surface area contributed by atoms with Gasteiger partial charge in [-0.2, -0.15) is 0 Å². The number of aromatic nitrogens is 3. The van der Waals surface area contributed by atoms with E-state index in [1.807, 2.05) is 79.9 Å². The molecule has 0 fully saturated rings. The number of carbonyl (C=O) groups is 1. The van der Waals surface area contributed by atoms with Gasteiger partial charge in [0.25, 0.3) is 0 Å². The van der Waals surface area contributed by atoms with Crippen LogP contribution in [0.15, 0.2) is 59.8 Å². The summed E-state index contributed by atoms with van der Waals surface area (Å²) >= 11 is 1.33. The molecule has 6 heteroatoms. The first-order valence-corrected chi connectivity index (χ1v) is 9.43. The van der Waals surface area contributed by atoms with E-state index in [4.69, 9.17) is 4.74 Å². The first-order chi connectivity index (χ1) is 12.5. The molecular weight excluding hydrogens is 346 g/mol. The van der Waals surface area contributed by atoms with Crippen molar-refractivity contribution in [3.05, 3.63) is 60.2 Å². The van der Waals surface area contributed by atoms with Crippen molar-refractivity contribution >= 4 is 17.7 Å². The minimum atomic E-state index is -0.260. The van der Waals surface area contributed by atoms with Crippen molar-refractivity contribution < 1.29 is 9.53 Å². The average molecular weight is 367 g/mol. The summed E-state index contributed by atoms with van der Waals surface area (Å²) in [5, 5.41) is 9.34. The number of rotatable bonds is 6. The molecule has 1 heterocycles. The van der Waals surface area contributed by atoms with Gasteiger partial charge in [-0.1, -0.05) is 59.8 Å². The third kappa shape index (κ3) is 4.32. The van der Waals surface area contributed by atoms with Gasteiger partial charge in [0.05, 0.1) is 11.9 Å². The summed E-state index contributed by atoms with van der Waals surface area (Å²) in [4.78, 5) is 11.9. The molecule has 0 unspecified atom stereocenters. The van der Waals surface area contributed by atoms with Crippen LogP contribution in [0, 0.1) is 6.92 Å². The lowest BCUT2D eigenvalue weighted by Gasteiger charge is -2.11. The number of aryl methyl sites for hydroxylation is 1. The molecule has 0 aliphatic heterocycles. The molecule has 3 rings (SSSR count). The summed E-state index contributed by atoms with van der Waals surface area (Å²) in [5.41, 5.74) is 3.11. The molecule has 0 atom stereocenters. The van der Waals surface area contributed by atoms with Crippen molar-refractivity contribution in [2.24, 2.45) is 0 Å². The highest BCUT2D eigenvalue weighted by Crippen LogP contribution is 2.28. The number of benzene rings is 2. The first kappa shape index (κ1) is 18.2. The summed E-state index contributed by atoms with van der Waals surface area (Å²) in [5.74, 6) is 0.677. The van der Waals surface area contributed by atoms with Crippen molar-refractivity contribution in [1.82, 2.24) is 14.8 Å². The number of thioether (sulfide) groups is 1. The lowest BCUT2D eigenvalue weighted by atomic mass is 10.2. The fraction of sp³-hybridized carbons (Fsp3) is 0.250. The van der Waals surface area contributed by atoms with Gasteiger partial charge in [-0.3, -0.25) is 9.36 Å². The molecule has 0 saturated carbocycles. The second-order valence-corrected chi connectivity index (χ2v) is 7.11. The second-order valence-electron chi connectivity index (χ2n) is 6.17. The van der Waals surface area contributed by atoms with Gasteiger partial charge in [0.2, 0.25) is 0 Å². The predicted octanol–water partition coefficient (Wildman–Crippen LogP) is 4.29. The molecule has 0 saturated heterocycles. The summed E-state index contributed by atoms with van der Waals surface area (Å²) in [6, 6.07) is 18.0. The third-order valence-corrected chi connectivity index (χ3v) is 4.55. The maximum atomic E-state index is 11.9. The lowest BCUT2D eigenvalue weighted by Crippen LogP contribution is -2.13. The topological polar surface area (TPSA) is 57.0 Å². The Balaban J connectivity index is 1.95. The van der Waals surface area contributed by atoms with E-state index in [1.165, 1.54) is 17.3 Å². The van der Waals surface area contributed by atoms with Crippen molar-refractivity contribution in [1.29, 1.82) is 0 Å². The Morgan fingerprint density at radius 1 is 1.08 bits per heavy atom. The summed E-state index contributed by atoms with van der Waals surface area (Å²) in [6.07, 6.45) is -0.127. The standard InChI is InChI=1S/C20H21N3O2S/c1-14(2)25-18(24)13-26-20-22-21-19(16-7-5-4-6-8-16)23(20)17-11-9-15(3)10-12-17/h4-12,14H,13H2,1-3H3. The van der Waals surface area contributed by atoms with Gasteiger partial charge in [0.15, 0.2) is 11.0 Å². The fourth-order valence-corrected chi connectivity index (χ4v) is 3.22. The largest absolute Gasteiger partial charge is 0.462 e. The van der Waals surface area contributed by atoms with Crippen molar-refractivity contribution in [2.75, 3.05) is 5.75 Å². The number of carbonyl (C=O) groups excluding carboxylic acids is 1. The quantitative estimate of drug-likeness (QED) is 0.481. The lowest BCUT2D eigenvalue weighted by molar-refractivity contribution is -0.144. The molecule has 0 spiro atoms. The highest BCUT2D eigenvalue weighted by molar-refractivity contribution is 7.99. The highest BCUT2D eigenvalue weighted by Gasteiger charge is 2.17. The van der Waals surface area contributed by atoms with Gasteiger partial charge in [0.1, 0.15) is 0 Å². The Labute approximate surface area is 157 Å². The van der Waals surface area contributed by atoms with Crippen molar-refractivity contribution in [3.63, 3.8) is 0 Å². The van der Waals surface area contributed by atoms with Gasteiger partial charge in [-0.15, -0.1) is 10.2 Å². The Hall–Kier alpha value is -2.60. The molecule has 5 nitrogen and oxygen atoms in total. The van der Waals surface area contributed by atoms with Crippen LogP contribution in [0.2, 0.25) is 0 Å². The smallest absolute Gasteiger partial charge is 0.316 e. The fourth-order valence-electron chi connectivity index (χ4n) is 2.48. The Morgan fingerprint density at radius 2 is 1.77 bits per heavy atom. The second kappa shape index (κ2) is 8.19. The predicted molar refractivity (Wildman–Crippen MR) is 103 cm³/mol. The van der Waals surface area contributed by atoms with Crippen LogP contribution in [0.25, 0.3) is 17.1 Å². The van der Waals surface area contributed by atoms with E-state index < -0.39 is 0 Å². The number of ether oxygens (including phenoxy) is 1. The SMILES string of the molecule is Cc1ccc(-n2c(SCC(=O)OC(C)C)nnc2-c2ccccc2)cc1. The number of hydrogen-bond acceptors (Lipinski definition) is 5. The van der Waals surface area contributed by atoms with E-state index in [1.54, 1.807) is 0 Å².